The van der Waals surface area contributed by atoms with Gasteiger partial charge >= 0.3 is 0 Å². The van der Waals surface area contributed by atoms with Gasteiger partial charge in [-0.05, 0) is 24.3 Å². The highest BCUT2D eigenvalue weighted by molar-refractivity contribution is 6.42. The predicted molar refractivity (Wildman–Crippen MR) is 121 cm³/mol. The fraction of sp³-hybridized carbons (Fsp3) is 0.227. The van der Waals surface area contributed by atoms with Crippen LogP contribution in [0.15, 0.2) is 43.2 Å². The number of amides is 1. The van der Waals surface area contributed by atoms with Crippen molar-refractivity contribution in [3.63, 3.8) is 0 Å². The summed E-state index contributed by atoms with van der Waals surface area (Å²) in [4.78, 5) is 22.1. The van der Waals surface area contributed by atoms with E-state index in [1.165, 1.54) is 24.5 Å². The first kappa shape index (κ1) is 22.3. The Labute approximate surface area is 193 Å². The molecule has 1 saturated heterocycles. The van der Waals surface area contributed by atoms with Crippen molar-refractivity contribution in [2.24, 2.45) is 0 Å². The molecule has 10 heteroatoms. The van der Waals surface area contributed by atoms with Crippen LogP contribution in [-0.2, 0) is 4.79 Å². The number of ether oxygens (including phenoxy) is 1. The van der Waals surface area contributed by atoms with Gasteiger partial charge in [-0.15, -0.1) is 0 Å². The smallest absolute Gasteiger partial charge is 0.245 e. The average molecular weight is 477 g/mol. The van der Waals surface area contributed by atoms with Gasteiger partial charge in [-0.1, -0.05) is 29.8 Å². The number of nitrogens with one attached hydrogen (secondary N) is 1. The normalized spacial score (nSPS) is 13.7. The summed E-state index contributed by atoms with van der Waals surface area (Å²) in [5.74, 6) is 0.132. The van der Waals surface area contributed by atoms with Gasteiger partial charge in [-0.3, -0.25) is 4.79 Å². The number of halogens is 3. The van der Waals surface area contributed by atoms with Crippen molar-refractivity contribution < 1.29 is 19.0 Å². The molecule has 1 aliphatic heterocycles. The Hall–Kier alpha value is -2.94. The van der Waals surface area contributed by atoms with Crippen molar-refractivity contribution in [2.45, 2.75) is 5.92 Å². The van der Waals surface area contributed by atoms with Crippen molar-refractivity contribution in [3.05, 3.63) is 64.7 Å². The molecule has 2 N–H and O–H groups in total. The Morgan fingerprint density at radius 1 is 1.34 bits per heavy atom. The molecule has 7 nitrogen and oxygen atoms in total. The van der Waals surface area contributed by atoms with Crippen LogP contribution >= 0.6 is 23.2 Å². The summed E-state index contributed by atoms with van der Waals surface area (Å²) in [6.45, 7) is 4.49. The number of aliphatic hydroxyl groups is 1. The number of fused-ring (bicyclic) bond motifs is 1. The summed E-state index contributed by atoms with van der Waals surface area (Å²) >= 11 is 11.8. The van der Waals surface area contributed by atoms with Crippen molar-refractivity contribution in [3.8, 4) is 5.75 Å². The minimum absolute atomic E-state index is 0.0201. The molecule has 0 unspecified atom stereocenters. The fourth-order valence-electron chi connectivity index (χ4n) is 3.53. The van der Waals surface area contributed by atoms with Gasteiger partial charge in [0.15, 0.2) is 5.82 Å². The lowest BCUT2D eigenvalue weighted by Crippen LogP contribution is -2.47. The minimum atomic E-state index is -0.688. The van der Waals surface area contributed by atoms with Crippen LogP contribution in [0.4, 0.5) is 15.9 Å². The summed E-state index contributed by atoms with van der Waals surface area (Å²) < 4.78 is 20.3. The molecule has 32 heavy (non-hydrogen) atoms. The van der Waals surface area contributed by atoms with Gasteiger partial charge in [-0.25, -0.2) is 14.4 Å². The molecule has 0 atom stereocenters. The summed E-state index contributed by atoms with van der Waals surface area (Å²) in [7, 11) is 0. The number of anilines is 2. The van der Waals surface area contributed by atoms with E-state index in [4.69, 9.17) is 27.9 Å². The Balaban J connectivity index is 1.73. The summed E-state index contributed by atoms with van der Waals surface area (Å²) in [5.41, 5.74) is 1.53. The number of aromatic nitrogens is 2. The number of carbonyl (C=O) groups is 1. The molecule has 0 radical (unpaired) electrons. The standard InChI is InChI=1S/C22H19Cl2FN4O3/c1-2-19(31)29-9-12(10-29)13-7-14-17(8-18(13)32-6-5-30)26-11-27-22(14)28-16-4-3-15(23)20(24)21(16)25/h2-4,7-8,11-12,30H,1,5-6,9-10H2,(H,26,27,28). The monoisotopic (exact) mass is 476 g/mol. The second-order valence-corrected chi connectivity index (χ2v) is 7.98. The highest BCUT2D eigenvalue weighted by Gasteiger charge is 2.33. The highest BCUT2D eigenvalue weighted by Crippen LogP contribution is 2.39. The van der Waals surface area contributed by atoms with Gasteiger partial charge in [0.25, 0.3) is 0 Å². The highest BCUT2D eigenvalue weighted by atomic mass is 35.5. The Bertz CT molecular complexity index is 1200. The third-order valence-electron chi connectivity index (χ3n) is 5.21. The SMILES string of the molecule is C=CC(=O)N1CC(c2cc3c(Nc4ccc(Cl)c(Cl)c4F)ncnc3cc2OCCO)C1. The maximum atomic E-state index is 14.6. The molecule has 2 aromatic carbocycles. The zero-order chi connectivity index (χ0) is 22.8. The van der Waals surface area contributed by atoms with E-state index in [1.54, 1.807) is 11.0 Å². The summed E-state index contributed by atoms with van der Waals surface area (Å²) in [5, 5.41) is 12.7. The van der Waals surface area contributed by atoms with Crippen LogP contribution in [0.25, 0.3) is 10.9 Å². The van der Waals surface area contributed by atoms with Crippen LogP contribution in [0.5, 0.6) is 5.75 Å². The fourth-order valence-corrected chi connectivity index (χ4v) is 3.84. The lowest BCUT2D eigenvalue weighted by atomic mass is 9.89. The number of likely N-dealkylation sites (tertiary alicyclic amines) is 1. The van der Waals surface area contributed by atoms with E-state index in [9.17, 15) is 14.3 Å². The summed E-state index contributed by atoms with van der Waals surface area (Å²) in [6, 6.07) is 6.57. The molecular formula is C22H19Cl2FN4O3. The molecule has 0 aliphatic carbocycles. The Morgan fingerprint density at radius 3 is 2.84 bits per heavy atom. The first-order valence-electron chi connectivity index (χ1n) is 9.77. The van der Waals surface area contributed by atoms with Crippen LogP contribution in [-0.4, -0.2) is 52.2 Å². The second kappa shape index (κ2) is 9.28. The largest absolute Gasteiger partial charge is 0.491 e. The zero-order valence-electron chi connectivity index (χ0n) is 16.8. The third-order valence-corrected chi connectivity index (χ3v) is 5.99. The van der Waals surface area contributed by atoms with E-state index < -0.39 is 5.82 Å². The van der Waals surface area contributed by atoms with Crippen LogP contribution < -0.4 is 10.1 Å². The van der Waals surface area contributed by atoms with E-state index in [0.29, 0.717) is 35.6 Å². The number of benzene rings is 2. The number of carbonyl (C=O) groups excluding carboxylic acids is 1. The van der Waals surface area contributed by atoms with E-state index in [-0.39, 0.29) is 40.8 Å². The number of aliphatic hydroxyl groups excluding tert-OH is 1. The van der Waals surface area contributed by atoms with Crippen LogP contribution in [0.1, 0.15) is 11.5 Å². The maximum absolute atomic E-state index is 14.6. The van der Waals surface area contributed by atoms with Gasteiger partial charge in [-0.2, -0.15) is 0 Å². The quantitative estimate of drug-likeness (QED) is 0.390. The number of hydrogen-bond acceptors (Lipinski definition) is 6. The molecular weight excluding hydrogens is 458 g/mol. The number of rotatable bonds is 7. The Kier molecular flexibility index (Phi) is 6.45. The third kappa shape index (κ3) is 4.21. The lowest BCUT2D eigenvalue weighted by molar-refractivity contribution is -0.130. The van der Waals surface area contributed by atoms with Crippen molar-refractivity contribution in [1.82, 2.24) is 14.9 Å². The predicted octanol–water partition coefficient (Wildman–Crippen LogP) is 4.30. The maximum Gasteiger partial charge on any atom is 0.245 e. The molecule has 0 spiro atoms. The van der Waals surface area contributed by atoms with E-state index in [0.717, 1.165) is 5.56 Å². The first-order valence-corrected chi connectivity index (χ1v) is 10.5. The van der Waals surface area contributed by atoms with Gasteiger partial charge < -0.3 is 20.1 Å². The van der Waals surface area contributed by atoms with Gasteiger partial charge in [0, 0.05) is 36.0 Å². The number of hydrogen-bond donors (Lipinski definition) is 2. The van der Waals surface area contributed by atoms with Gasteiger partial charge in [0.05, 0.1) is 27.9 Å². The molecule has 1 aromatic heterocycles. The van der Waals surface area contributed by atoms with Crippen LogP contribution in [0.3, 0.4) is 0 Å². The van der Waals surface area contributed by atoms with Crippen molar-refractivity contribution in [1.29, 1.82) is 0 Å². The minimum Gasteiger partial charge on any atom is -0.491 e. The molecule has 166 valence electrons. The molecule has 3 aromatic rings. The van der Waals surface area contributed by atoms with Crippen molar-refractivity contribution in [2.75, 3.05) is 31.6 Å². The Morgan fingerprint density at radius 2 is 2.12 bits per heavy atom. The summed E-state index contributed by atoms with van der Waals surface area (Å²) in [6.07, 6.45) is 2.63. The van der Waals surface area contributed by atoms with Crippen LogP contribution in [0, 0.1) is 5.82 Å². The molecule has 0 saturated carbocycles. The lowest BCUT2D eigenvalue weighted by Gasteiger charge is -2.39. The van der Waals surface area contributed by atoms with E-state index in [2.05, 4.69) is 21.9 Å². The van der Waals surface area contributed by atoms with Crippen molar-refractivity contribution >= 4 is 51.5 Å². The molecule has 4 rings (SSSR count). The molecule has 0 bridgehead atoms. The average Bonchev–Trinajstić information content (AvgIpc) is 2.77. The first-order chi connectivity index (χ1) is 15.4. The molecule has 1 amide bonds. The molecule has 2 heterocycles. The van der Waals surface area contributed by atoms with Gasteiger partial charge in [0.1, 0.15) is 24.5 Å². The number of nitrogens with zero attached hydrogens (tertiary/aromatic N) is 3. The van der Waals surface area contributed by atoms with Gasteiger partial charge in [0.2, 0.25) is 5.91 Å². The topological polar surface area (TPSA) is 87.6 Å². The van der Waals surface area contributed by atoms with E-state index in [1.807, 2.05) is 6.07 Å². The molecule has 1 fully saturated rings. The molecule has 1 aliphatic rings. The van der Waals surface area contributed by atoms with E-state index >= 15 is 0 Å². The second-order valence-electron chi connectivity index (χ2n) is 7.19. The van der Waals surface area contributed by atoms with Crippen LogP contribution in [0.2, 0.25) is 10.0 Å². The zero-order valence-corrected chi connectivity index (χ0v) is 18.3.